The lowest BCUT2D eigenvalue weighted by atomic mass is 9.83. The van der Waals surface area contributed by atoms with Crippen LogP contribution in [0.3, 0.4) is 0 Å². The van der Waals surface area contributed by atoms with Crippen LogP contribution in [0, 0.1) is 11.2 Å². The average Bonchev–Trinajstić information content (AvgIpc) is 2.91. The summed E-state index contributed by atoms with van der Waals surface area (Å²) in [6, 6.07) is 6.42. The Labute approximate surface area is 113 Å². The highest BCUT2D eigenvalue weighted by atomic mass is 19.1. The van der Waals surface area contributed by atoms with Crippen LogP contribution in [0.5, 0.6) is 0 Å². The summed E-state index contributed by atoms with van der Waals surface area (Å²) in [7, 11) is 0. The van der Waals surface area contributed by atoms with Crippen molar-refractivity contribution < 1.29 is 9.18 Å². The van der Waals surface area contributed by atoms with Gasteiger partial charge in [0.25, 0.3) is 0 Å². The first-order valence-electron chi connectivity index (χ1n) is 6.90. The minimum atomic E-state index is -0.233. The standard InChI is InChI=1S/C15H21FN2O/c1-2-15(8-10-17-11-15)14(19)18-9-7-12-3-5-13(16)6-4-12/h3-6,17H,2,7-11H2,1H3,(H,18,19). The van der Waals surface area contributed by atoms with Crippen LogP contribution < -0.4 is 10.6 Å². The van der Waals surface area contributed by atoms with Crippen molar-refractivity contribution in [2.24, 2.45) is 5.41 Å². The third-order valence-electron chi connectivity index (χ3n) is 4.01. The van der Waals surface area contributed by atoms with Crippen LogP contribution in [-0.4, -0.2) is 25.5 Å². The lowest BCUT2D eigenvalue weighted by Gasteiger charge is -2.25. The Balaban J connectivity index is 1.82. The second kappa shape index (κ2) is 6.15. The van der Waals surface area contributed by atoms with Gasteiger partial charge in [0.15, 0.2) is 0 Å². The predicted molar refractivity (Wildman–Crippen MR) is 73.3 cm³/mol. The van der Waals surface area contributed by atoms with E-state index in [2.05, 4.69) is 17.6 Å². The third kappa shape index (κ3) is 3.32. The Morgan fingerprint density at radius 2 is 2.16 bits per heavy atom. The smallest absolute Gasteiger partial charge is 0.227 e. The van der Waals surface area contributed by atoms with Gasteiger partial charge in [0.05, 0.1) is 5.41 Å². The Kier molecular flexibility index (Phi) is 4.53. The van der Waals surface area contributed by atoms with E-state index in [9.17, 15) is 9.18 Å². The zero-order valence-electron chi connectivity index (χ0n) is 11.3. The first kappa shape index (κ1) is 14.0. The Morgan fingerprint density at radius 3 is 2.74 bits per heavy atom. The molecule has 0 saturated carbocycles. The van der Waals surface area contributed by atoms with E-state index in [4.69, 9.17) is 0 Å². The number of carbonyl (C=O) groups excluding carboxylic acids is 1. The molecule has 1 aromatic carbocycles. The molecule has 0 spiro atoms. The molecule has 0 aromatic heterocycles. The monoisotopic (exact) mass is 264 g/mol. The van der Waals surface area contributed by atoms with Crippen LogP contribution in [0.1, 0.15) is 25.3 Å². The van der Waals surface area contributed by atoms with E-state index >= 15 is 0 Å². The van der Waals surface area contributed by atoms with Crippen molar-refractivity contribution in [1.29, 1.82) is 0 Å². The van der Waals surface area contributed by atoms with E-state index in [1.165, 1.54) is 12.1 Å². The molecule has 1 saturated heterocycles. The van der Waals surface area contributed by atoms with E-state index < -0.39 is 0 Å². The topological polar surface area (TPSA) is 41.1 Å². The van der Waals surface area contributed by atoms with Crippen LogP contribution in [0.25, 0.3) is 0 Å². The van der Waals surface area contributed by atoms with Gasteiger partial charge in [0, 0.05) is 13.1 Å². The molecule has 0 bridgehead atoms. The van der Waals surface area contributed by atoms with Gasteiger partial charge in [-0.3, -0.25) is 4.79 Å². The molecule has 1 heterocycles. The van der Waals surface area contributed by atoms with Crippen molar-refractivity contribution in [3.63, 3.8) is 0 Å². The summed E-state index contributed by atoms with van der Waals surface area (Å²) in [5.41, 5.74) is 0.805. The second-order valence-electron chi connectivity index (χ2n) is 5.19. The van der Waals surface area contributed by atoms with E-state index in [0.29, 0.717) is 6.54 Å². The van der Waals surface area contributed by atoms with Gasteiger partial charge >= 0.3 is 0 Å². The van der Waals surface area contributed by atoms with Gasteiger partial charge in [-0.2, -0.15) is 0 Å². The van der Waals surface area contributed by atoms with Crippen molar-refractivity contribution >= 4 is 5.91 Å². The van der Waals surface area contributed by atoms with Crippen LogP contribution >= 0.6 is 0 Å². The minimum absolute atomic E-state index is 0.141. The maximum absolute atomic E-state index is 12.8. The van der Waals surface area contributed by atoms with Crippen LogP contribution in [-0.2, 0) is 11.2 Å². The number of hydrogen-bond acceptors (Lipinski definition) is 2. The molecule has 1 aliphatic rings. The Hall–Kier alpha value is -1.42. The number of amides is 1. The summed E-state index contributed by atoms with van der Waals surface area (Å²) < 4.78 is 12.8. The molecular weight excluding hydrogens is 243 g/mol. The van der Waals surface area contributed by atoms with E-state index in [1.807, 2.05) is 0 Å². The van der Waals surface area contributed by atoms with Gasteiger partial charge in [0.1, 0.15) is 5.82 Å². The Morgan fingerprint density at radius 1 is 1.42 bits per heavy atom. The molecule has 1 aromatic rings. The number of halogens is 1. The maximum Gasteiger partial charge on any atom is 0.227 e. The molecule has 104 valence electrons. The van der Waals surface area contributed by atoms with Crippen LogP contribution in [0.15, 0.2) is 24.3 Å². The molecule has 1 amide bonds. The molecule has 1 unspecified atom stereocenters. The first-order chi connectivity index (χ1) is 9.16. The summed E-state index contributed by atoms with van der Waals surface area (Å²) in [5.74, 6) is -0.0862. The molecule has 1 atom stereocenters. The van der Waals surface area contributed by atoms with Gasteiger partial charge in [0.2, 0.25) is 5.91 Å². The highest BCUT2D eigenvalue weighted by Gasteiger charge is 2.38. The van der Waals surface area contributed by atoms with E-state index in [-0.39, 0.29) is 17.1 Å². The molecular formula is C15H21FN2O. The zero-order valence-corrected chi connectivity index (χ0v) is 11.3. The second-order valence-corrected chi connectivity index (χ2v) is 5.19. The van der Waals surface area contributed by atoms with Gasteiger partial charge in [-0.15, -0.1) is 0 Å². The summed E-state index contributed by atoms with van der Waals surface area (Å²) in [6.07, 6.45) is 2.51. The van der Waals surface area contributed by atoms with E-state index in [1.54, 1.807) is 12.1 Å². The fourth-order valence-corrected chi connectivity index (χ4v) is 2.56. The molecule has 4 heteroatoms. The quantitative estimate of drug-likeness (QED) is 0.852. The summed E-state index contributed by atoms with van der Waals surface area (Å²) in [6.45, 7) is 4.35. The highest BCUT2D eigenvalue weighted by Crippen LogP contribution is 2.29. The number of hydrogen-bond donors (Lipinski definition) is 2. The van der Waals surface area contributed by atoms with Crippen LogP contribution in [0.2, 0.25) is 0 Å². The number of benzene rings is 1. The molecule has 3 nitrogen and oxygen atoms in total. The summed E-state index contributed by atoms with van der Waals surface area (Å²) >= 11 is 0. The van der Waals surface area contributed by atoms with Gasteiger partial charge in [-0.1, -0.05) is 19.1 Å². The molecule has 2 rings (SSSR count). The van der Waals surface area contributed by atoms with Gasteiger partial charge < -0.3 is 10.6 Å². The summed E-state index contributed by atoms with van der Waals surface area (Å²) in [5, 5.41) is 6.26. The lowest BCUT2D eigenvalue weighted by molar-refractivity contribution is -0.130. The van der Waals surface area contributed by atoms with Crippen molar-refractivity contribution in [2.45, 2.75) is 26.2 Å². The minimum Gasteiger partial charge on any atom is -0.355 e. The normalized spacial score (nSPS) is 22.4. The SMILES string of the molecule is CCC1(C(=O)NCCc2ccc(F)cc2)CCNC1. The molecule has 2 N–H and O–H groups in total. The lowest BCUT2D eigenvalue weighted by Crippen LogP contribution is -2.42. The number of rotatable bonds is 5. The fourth-order valence-electron chi connectivity index (χ4n) is 2.56. The predicted octanol–water partition coefficient (Wildman–Crippen LogP) is 1.87. The first-order valence-corrected chi connectivity index (χ1v) is 6.90. The molecule has 1 fully saturated rings. The zero-order chi connectivity index (χ0) is 13.7. The van der Waals surface area contributed by atoms with E-state index in [0.717, 1.165) is 37.9 Å². The van der Waals surface area contributed by atoms with Crippen molar-refractivity contribution in [2.75, 3.05) is 19.6 Å². The van der Waals surface area contributed by atoms with Gasteiger partial charge in [-0.05, 0) is 43.5 Å². The molecule has 0 radical (unpaired) electrons. The molecule has 0 aliphatic carbocycles. The maximum atomic E-state index is 12.8. The van der Waals surface area contributed by atoms with Crippen LogP contribution in [0.4, 0.5) is 4.39 Å². The Bertz CT molecular complexity index is 424. The third-order valence-corrected chi connectivity index (χ3v) is 4.01. The summed E-state index contributed by atoms with van der Waals surface area (Å²) in [4.78, 5) is 12.2. The van der Waals surface area contributed by atoms with Gasteiger partial charge in [-0.25, -0.2) is 4.39 Å². The van der Waals surface area contributed by atoms with Crippen molar-refractivity contribution in [3.8, 4) is 0 Å². The van der Waals surface area contributed by atoms with Crippen molar-refractivity contribution in [3.05, 3.63) is 35.6 Å². The number of nitrogens with one attached hydrogen (secondary N) is 2. The molecule has 1 aliphatic heterocycles. The number of carbonyl (C=O) groups is 1. The fraction of sp³-hybridized carbons (Fsp3) is 0.533. The van der Waals surface area contributed by atoms with Crippen molar-refractivity contribution in [1.82, 2.24) is 10.6 Å². The average molecular weight is 264 g/mol. The highest BCUT2D eigenvalue weighted by molar-refractivity contribution is 5.83. The largest absolute Gasteiger partial charge is 0.355 e. The molecule has 19 heavy (non-hydrogen) atoms.